The van der Waals surface area contributed by atoms with Crippen LogP contribution in [0.4, 0.5) is 5.69 Å². The van der Waals surface area contributed by atoms with Crippen LogP contribution in [-0.2, 0) is 0 Å². The van der Waals surface area contributed by atoms with E-state index in [1.807, 2.05) is 30.6 Å². The van der Waals surface area contributed by atoms with Crippen LogP contribution in [0.25, 0.3) is 5.69 Å². The zero-order valence-corrected chi connectivity index (χ0v) is 18.3. The van der Waals surface area contributed by atoms with E-state index in [9.17, 15) is 0 Å². The van der Waals surface area contributed by atoms with E-state index in [0.29, 0.717) is 5.11 Å². The van der Waals surface area contributed by atoms with Crippen molar-refractivity contribution in [2.75, 3.05) is 4.90 Å². The van der Waals surface area contributed by atoms with Crippen LogP contribution in [0, 0.1) is 13.8 Å². The summed E-state index contributed by atoms with van der Waals surface area (Å²) in [5, 5.41) is 4.23. The molecule has 1 fully saturated rings. The van der Waals surface area contributed by atoms with Crippen molar-refractivity contribution in [3.63, 3.8) is 0 Å². The first-order valence-electron chi connectivity index (χ1n) is 10.3. The molecule has 0 bridgehead atoms. The summed E-state index contributed by atoms with van der Waals surface area (Å²) in [5.74, 6) is 0. The van der Waals surface area contributed by atoms with Crippen LogP contribution in [0.2, 0.25) is 0 Å². The van der Waals surface area contributed by atoms with Crippen molar-refractivity contribution < 1.29 is 0 Å². The molecule has 0 saturated carbocycles. The highest BCUT2D eigenvalue weighted by molar-refractivity contribution is 7.80. The van der Waals surface area contributed by atoms with E-state index in [2.05, 4.69) is 87.3 Å². The fraction of sp³-hybridized carbons (Fsp3) is 0.160. The average molecular weight is 426 g/mol. The van der Waals surface area contributed by atoms with Gasteiger partial charge in [-0.3, -0.25) is 9.97 Å². The van der Waals surface area contributed by atoms with Crippen molar-refractivity contribution in [1.29, 1.82) is 0 Å². The lowest BCUT2D eigenvalue weighted by atomic mass is 10.00. The number of aryl methyl sites for hydroxylation is 2. The van der Waals surface area contributed by atoms with Crippen LogP contribution >= 0.6 is 12.2 Å². The minimum absolute atomic E-state index is 0.0697. The molecular formula is C25H23N5S. The van der Waals surface area contributed by atoms with E-state index in [4.69, 9.17) is 12.2 Å². The lowest BCUT2D eigenvalue weighted by molar-refractivity contribution is 0.549. The maximum absolute atomic E-state index is 5.85. The second-order valence-electron chi connectivity index (χ2n) is 7.78. The molecule has 0 spiro atoms. The fourth-order valence-electron chi connectivity index (χ4n) is 4.18. The zero-order chi connectivity index (χ0) is 21.4. The SMILES string of the molecule is Cc1ccc(N2C(=S)N[C@H](c3ccccn3)[C@H]2c2cccn2-c2cccnc2)cc1C. The number of hydrogen-bond acceptors (Lipinski definition) is 3. The Kier molecular flexibility index (Phi) is 5.00. The number of anilines is 1. The molecule has 154 valence electrons. The highest BCUT2D eigenvalue weighted by Crippen LogP contribution is 2.42. The Bertz CT molecular complexity index is 1220. The Morgan fingerprint density at radius 1 is 0.903 bits per heavy atom. The summed E-state index contributed by atoms with van der Waals surface area (Å²) in [5.41, 5.74) is 6.67. The molecule has 0 radical (unpaired) electrons. The number of hydrogen-bond donors (Lipinski definition) is 1. The maximum atomic E-state index is 5.85. The number of rotatable bonds is 4. The third-order valence-electron chi connectivity index (χ3n) is 5.87. The molecule has 4 heterocycles. The monoisotopic (exact) mass is 425 g/mol. The van der Waals surface area contributed by atoms with Crippen LogP contribution in [0.5, 0.6) is 0 Å². The molecule has 1 aliphatic heterocycles. The van der Waals surface area contributed by atoms with Crippen LogP contribution in [-0.4, -0.2) is 19.6 Å². The van der Waals surface area contributed by atoms with Crippen molar-refractivity contribution in [3.05, 3.63) is 108 Å². The summed E-state index contributed by atoms with van der Waals surface area (Å²) >= 11 is 5.85. The van der Waals surface area contributed by atoms with Gasteiger partial charge in [0.2, 0.25) is 0 Å². The number of thiocarbonyl (C=S) groups is 1. The van der Waals surface area contributed by atoms with Gasteiger partial charge in [-0.15, -0.1) is 0 Å². The molecule has 1 saturated heterocycles. The van der Waals surface area contributed by atoms with E-state index >= 15 is 0 Å². The fourth-order valence-corrected chi connectivity index (χ4v) is 4.52. The Labute approximate surface area is 187 Å². The predicted molar refractivity (Wildman–Crippen MR) is 127 cm³/mol. The maximum Gasteiger partial charge on any atom is 0.174 e. The summed E-state index contributed by atoms with van der Waals surface area (Å²) < 4.78 is 2.18. The molecule has 5 nitrogen and oxygen atoms in total. The lowest BCUT2D eigenvalue weighted by Gasteiger charge is -2.29. The molecule has 1 aliphatic rings. The Morgan fingerprint density at radius 3 is 2.55 bits per heavy atom. The molecule has 4 aromatic rings. The van der Waals surface area contributed by atoms with Crippen molar-refractivity contribution in [3.8, 4) is 5.69 Å². The molecule has 6 heteroatoms. The highest BCUT2D eigenvalue weighted by atomic mass is 32.1. The van der Waals surface area contributed by atoms with E-state index in [0.717, 1.165) is 22.8 Å². The van der Waals surface area contributed by atoms with Crippen LogP contribution in [0.15, 0.2) is 85.5 Å². The summed E-state index contributed by atoms with van der Waals surface area (Å²) in [4.78, 5) is 11.2. The first-order chi connectivity index (χ1) is 15.1. The topological polar surface area (TPSA) is 46.0 Å². The first-order valence-corrected chi connectivity index (χ1v) is 10.7. The molecule has 31 heavy (non-hydrogen) atoms. The number of nitrogens with one attached hydrogen (secondary N) is 1. The number of pyridine rings is 2. The average Bonchev–Trinajstić information content (AvgIpc) is 3.41. The van der Waals surface area contributed by atoms with Crippen LogP contribution in [0.3, 0.4) is 0 Å². The summed E-state index contributed by atoms with van der Waals surface area (Å²) in [6, 6.07) is 20.6. The first kappa shape index (κ1) is 19.5. The molecule has 3 aromatic heterocycles. The largest absolute Gasteiger partial charge is 0.351 e. The molecule has 0 unspecified atom stereocenters. The number of benzene rings is 1. The number of aromatic nitrogens is 3. The van der Waals surface area contributed by atoms with Gasteiger partial charge in [0, 0.05) is 30.0 Å². The minimum atomic E-state index is -0.0827. The molecular weight excluding hydrogens is 402 g/mol. The van der Waals surface area contributed by atoms with Crippen molar-refractivity contribution in [1.82, 2.24) is 19.9 Å². The van der Waals surface area contributed by atoms with Crippen molar-refractivity contribution in [2.45, 2.75) is 25.9 Å². The van der Waals surface area contributed by atoms with Gasteiger partial charge < -0.3 is 14.8 Å². The van der Waals surface area contributed by atoms with Gasteiger partial charge in [0.05, 0.1) is 23.6 Å². The highest BCUT2D eigenvalue weighted by Gasteiger charge is 2.42. The second-order valence-corrected chi connectivity index (χ2v) is 8.17. The lowest BCUT2D eigenvalue weighted by Crippen LogP contribution is -2.30. The smallest absolute Gasteiger partial charge is 0.174 e. The Balaban J connectivity index is 1.68. The van der Waals surface area contributed by atoms with Gasteiger partial charge in [0.1, 0.15) is 6.04 Å². The van der Waals surface area contributed by atoms with E-state index < -0.39 is 0 Å². The third-order valence-corrected chi connectivity index (χ3v) is 6.19. The van der Waals surface area contributed by atoms with Gasteiger partial charge in [0.25, 0.3) is 0 Å². The van der Waals surface area contributed by atoms with Gasteiger partial charge >= 0.3 is 0 Å². The number of nitrogens with zero attached hydrogens (tertiary/aromatic N) is 4. The summed E-state index contributed by atoms with van der Waals surface area (Å²) in [6.07, 6.45) is 7.56. The van der Waals surface area contributed by atoms with Crippen LogP contribution < -0.4 is 10.2 Å². The molecule has 1 aromatic carbocycles. The Hall–Kier alpha value is -3.51. The minimum Gasteiger partial charge on any atom is -0.351 e. The third kappa shape index (κ3) is 3.49. The molecule has 0 amide bonds. The standard InChI is InChI=1S/C25H23N5S/c1-17-10-11-19(15-18(17)2)30-24(23(28-25(30)31)21-8-3-4-13-27-21)22-9-6-14-29(22)20-7-5-12-26-16-20/h3-16,23-24H,1-2H3,(H,28,31)/t23-,24-/m1/s1. The summed E-state index contributed by atoms with van der Waals surface area (Å²) in [6.45, 7) is 4.26. The van der Waals surface area contributed by atoms with Crippen LogP contribution in [0.1, 0.15) is 34.6 Å². The van der Waals surface area contributed by atoms with E-state index in [1.54, 1.807) is 6.20 Å². The van der Waals surface area contributed by atoms with Gasteiger partial charge in [0.15, 0.2) is 5.11 Å². The van der Waals surface area contributed by atoms with E-state index in [-0.39, 0.29) is 12.1 Å². The quantitative estimate of drug-likeness (QED) is 0.463. The second kappa shape index (κ2) is 7.96. The molecule has 0 aliphatic carbocycles. The normalized spacial score (nSPS) is 18.3. The molecule has 1 N–H and O–H groups in total. The van der Waals surface area contributed by atoms with Gasteiger partial charge in [-0.1, -0.05) is 12.1 Å². The van der Waals surface area contributed by atoms with Gasteiger partial charge in [-0.25, -0.2) is 0 Å². The zero-order valence-electron chi connectivity index (χ0n) is 17.4. The van der Waals surface area contributed by atoms with E-state index in [1.165, 1.54) is 11.1 Å². The summed E-state index contributed by atoms with van der Waals surface area (Å²) in [7, 11) is 0. The van der Waals surface area contributed by atoms with Gasteiger partial charge in [-0.05, 0) is 85.7 Å². The Morgan fingerprint density at radius 2 is 1.81 bits per heavy atom. The molecule has 2 atom stereocenters. The van der Waals surface area contributed by atoms with Gasteiger partial charge in [-0.2, -0.15) is 0 Å². The van der Waals surface area contributed by atoms with Crippen molar-refractivity contribution in [2.24, 2.45) is 0 Å². The molecule has 5 rings (SSSR count). The van der Waals surface area contributed by atoms with Crippen molar-refractivity contribution >= 4 is 23.0 Å². The predicted octanol–water partition coefficient (Wildman–Crippen LogP) is 5.06.